The van der Waals surface area contributed by atoms with Crippen LogP contribution in [0.1, 0.15) is 33.6 Å². The summed E-state index contributed by atoms with van der Waals surface area (Å²) in [6.07, 6.45) is 5.08. The first kappa shape index (κ1) is 24.6. The predicted molar refractivity (Wildman–Crippen MR) is 157 cm³/mol. The van der Waals surface area contributed by atoms with E-state index in [0.29, 0.717) is 5.54 Å². The lowest BCUT2D eigenvalue weighted by Gasteiger charge is -2.20. The predicted octanol–water partition coefficient (Wildman–Crippen LogP) is 5.96. The molecule has 178 valence electrons. The molecule has 0 aliphatic heterocycles. The minimum atomic E-state index is -0.609. The van der Waals surface area contributed by atoms with Gasteiger partial charge in [0.2, 0.25) is 7.28 Å². The van der Waals surface area contributed by atoms with E-state index in [0.717, 1.165) is 29.2 Å². The van der Waals surface area contributed by atoms with Gasteiger partial charge < -0.3 is 4.57 Å². The molecule has 5 rings (SSSR count). The van der Waals surface area contributed by atoms with Crippen molar-refractivity contribution in [1.29, 1.82) is 0 Å². The van der Waals surface area contributed by atoms with E-state index in [1.54, 1.807) is 0 Å². The lowest BCUT2D eigenvalue weighted by molar-refractivity contribution is 0.884. The van der Waals surface area contributed by atoms with E-state index in [1.807, 2.05) is 30.5 Å². The van der Waals surface area contributed by atoms with Crippen molar-refractivity contribution in [2.45, 2.75) is 17.5 Å². The van der Waals surface area contributed by atoms with E-state index < -0.39 is 9.52 Å². The van der Waals surface area contributed by atoms with E-state index in [-0.39, 0.29) is 5.82 Å². The molecule has 0 saturated carbocycles. The summed E-state index contributed by atoms with van der Waals surface area (Å²) in [5.74, 6) is 0.263. The van der Waals surface area contributed by atoms with Gasteiger partial charge in [0, 0.05) is 28.6 Å². The zero-order valence-corrected chi connectivity index (χ0v) is 22.9. The van der Waals surface area contributed by atoms with Gasteiger partial charge in [0.1, 0.15) is 0 Å². The Morgan fingerprint density at radius 2 is 1.17 bits per heavy atom. The molecule has 0 amide bonds. The Labute approximate surface area is 226 Å². The first-order chi connectivity index (χ1) is 17.7. The van der Waals surface area contributed by atoms with Crippen molar-refractivity contribution in [3.8, 4) is 0 Å². The fourth-order valence-corrected chi connectivity index (χ4v) is 7.31. The second-order valence-corrected chi connectivity index (χ2v) is 11.8. The van der Waals surface area contributed by atoms with E-state index in [2.05, 4.69) is 95.7 Å². The van der Waals surface area contributed by atoms with Gasteiger partial charge in [0.05, 0.1) is 15.2 Å². The van der Waals surface area contributed by atoms with Gasteiger partial charge in [-0.15, -0.1) is 0 Å². The Balaban J connectivity index is 1.40. The van der Waals surface area contributed by atoms with E-state index in [1.165, 1.54) is 22.3 Å². The van der Waals surface area contributed by atoms with Crippen LogP contribution in [0.5, 0.6) is 0 Å². The summed E-state index contributed by atoms with van der Waals surface area (Å²) >= 11 is 12.4. The second-order valence-electron chi connectivity index (χ2n) is 9.06. The van der Waals surface area contributed by atoms with Crippen molar-refractivity contribution in [2.75, 3.05) is 0 Å². The van der Waals surface area contributed by atoms with Gasteiger partial charge >= 0.3 is 0 Å². The standard InChI is InChI=1S/C30H27BCl2N2Si/c32-26-15-11-24(12-16-26)29(25-13-17-27(33)18-14-25)36-21-35-20-19-34-30(35)31-28(22-7-3-1-4-8-22)23-9-5-2-6-10-23/h1-20,28-29,31H,21,36H2. The number of rotatable bonds is 9. The fourth-order valence-electron chi connectivity index (χ4n) is 4.90. The van der Waals surface area contributed by atoms with Crippen LogP contribution in [0.4, 0.5) is 0 Å². The average molecular weight is 525 g/mol. The van der Waals surface area contributed by atoms with Gasteiger partial charge in [-0.05, 0) is 57.9 Å². The number of benzene rings is 4. The highest BCUT2D eigenvalue weighted by atomic mass is 35.5. The first-order valence-corrected chi connectivity index (χ1v) is 14.9. The highest BCUT2D eigenvalue weighted by Crippen LogP contribution is 2.27. The Bertz CT molecular complexity index is 1290. The molecule has 0 unspecified atom stereocenters. The van der Waals surface area contributed by atoms with Crippen LogP contribution in [0.25, 0.3) is 0 Å². The maximum Gasteiger partial charge on any atom is 0.217 e. The maximum absolute atomic E-state index is 6.19. The van der Waals surface area contributed by atoms with Crippen molar-refractivity contribution in [2.24, 2.45) is 0 Å². The van der Waals surface area contributed by atoms with Gasteiger partial charge in [-0.1, -0.05) is 108 Å². The molecule has 0 spiro atoms. The number of nitrogens with zero attached hydrogens (tertiary/aromatic N) is 2. The SMILES string of the molecule is Clc1ccc(C([SiH2]Cn2ccnc2BC(c2ccccc2)c2ccccc2)c2ccc(Cl)cc2)cc1. The van der Waals surface area contributed by atoms with Crippen LogP contribution in [0.15, 0.2) is 122 Å². The Hall–Kier alpha value is -3.05. The van der Waals surface area contributed by atoms with Gasteiger partial charge in [0.15, 0.2) is 0 Å². The number of imidazole rings is 1. The minimum absolute atomic E-state index is 0.263. The number of hydrogen-bond donors (Lipinski definition) is 0. The third-order valence-electron chi connectivity index (χ3n) is 6.80. The van der Waals surface area contributed by atoms with Crippen LogP contribution in [0.2, 0.25) is 10.0 Å². The summed E-state index contributed by atoms with van der Waals surface area (Å²) in [5, 5.41) is 1.53. The molecule has 0 aliphatic rings. The van der Waals surface area contributed by atoms with Gasteiger partial charge in [0.25, 0.3) is 0 Å². The molecular formula is C30H27BCl2N2Si. The Kier molecular flexibility index (Phi) is 8.07. The summed E-state index contributed by atoms with van der Waals surface area (Å²) < 4.78 is 2.37. The molecule has 1 heterocycles. The lowest BCUT2D eigenvalue weighted by atomic mass is 9.58. The largest absolute Gasteiger partial charge is 0.347 e. The molecule has 2 nitrogen and oxygen atoms in total. The zero-order valence-electron chi connectivity index (χ0n) is 20.0. The summed E-state index contributed by atoms with van der Waals surface area (Å²) in [6, 6.07) is 38.1. The van der Waals surface area contributed by atoms with Gasteiger partial charge in [-0.2, -0.15) is 0 Å². The minimum Gasteiger partial charge on any atom is -0.347 e. The summed E-state index contributed by atoms with van der Waals surface area (Å²) in [6.45, 7) is 0. The molecule has 4 aromatic carbocycles. The van der Waals surface area contributed by atoms with E-state index in [9.17, 15) is 0 Å². The zero-order chi connectivity index (χ0) is 24.7. The molecule has 0 atom stereocenters. The van der Waals surface area contributed by atoms with Crippen LogP contribution >= 0.6 is 23.2 Å². The summed E-state index contributed by atoms with van der Waals surface area (Å²) in [5.41, 5.74) is 6.74. The maximum atomic E-state index is 6.19. The quantitative estimate of drug-likeness (QED) is 0.217. The van der Waals surface area contributed by atoms with Crippen molar-refractivity contribution >= 4 is 45.7 Å². The van der Waals surface area contributed by atoms with Crippen LogP contribution in [0, 0.1) is 0 Å². The third kappa shape index (κ3) is 6.01. The highest BCUT2D eigenvalue weighted by molar-refractivity contribution is 6.54. The molecule has 0 N–H and O–H groups in total. The Morgan fingerprint density at radius 3 is 1.67 bits per heavy atom. The molecule has 0 fully saturated rings. The van der Waals surface area contributed by atoms with E-state index in [4.69, 9.17) is 28.2 Å². The molecule has 0 saturated heterocycles. The third-order valence-corrected chi connectivity index (χ3v) is 9.56. The molecule has 1 aromatic heterocycles. The molecular weight excluding hydrogens is 498 g/mol. The smallest absolute Gasteiger partial charge is 0.217 e. The van der Waals surface area contributed by atoms with E-state index >= 15 is 0 Å². The summed E-state index contributed by atoms with van der Waals surface area (Å²) in [4.78, 5) is 4.80. The average Bonchev–Trinajstić information content (AvgIpc) is 3.37. The Morgan fingerprint density at radius 1 is 0.667 bits per heavy atom. The monoisotopic (exact) mass is 524 g/mol. The fraction of sp³-hybridized carbons (Fsp3) is 0.100. The number of aromatic nitrogens is 2. The normalized spacial score (nSPS) is 11.6. The topological polar surface area (TPSA) is 17.8 Å². The van der Waals surface area contributed by atoms with Crippen LogP contribution < -0.4 is 5.72 Å². The highest BCUT2D eigenvalue weighted by Gasteiger charge is 2.21. The molecule has 0 bridgehead atoms. The van der Waals surface area contributed by atoms with Crippen molar-refractivity contribution in [3.05, 3.63) is 154 Å². The number of hydrogen-bond acceptors (Lipinski definition) is 1. The molecule has 0 aliphatic carbocycles. The first-order valence-electron chi connectivity index (χ1n) is 12.3. The van der Waals surface area contributed by atoms with Crippen LogP contribution in [0.3, 0.4) is 0 Å². The van der Waals surface area contributed by atoms with Crippen LogP contribution in [-0.2, 0) is 6.17 Å². The molecule has 36 heavy (non-hydrogen) atoms. The van der Waals surface area contributed by atoms with Crippen molar-refractivity contribution < 1.29 is 0 Å². The second kappa shape index (κ2) is 11.8. The van der Waals surface area contributed by atoms with Gasteiger partial charge in [-0.3, -0.25) is 4.98 Å². The molecule has 0 radical (unpaired) electrons. The van der Waals surface area contributed by atoms with Crippen molar-refractivity contribution in [1.82, 2.24) is 9.55 Å². The molecule has 5 aromatic rings. The molecule has 6 heteroatoms. The van der Waals surface area contributed by atoms with Crippen LogP contribution in [-0.4, -0.2) is 26.4 Å². The van der Waals surface area contributed by atoms with Gasteiger partial charge in [-0.25, -0.2) is 0 Å². The van der Waals surface area contributed by atoms with Crippen molar-refractivity contribution in [3.63, 3.8) is 0 Å². The summed E-state index contributed by atoms with van der Waals surface area (Å²) in [7, 11) is 0.254. The number of halogens is 2. The lowest BCUT2D eigenvalue weighted by Crippen LogP contribution is -2.33.